The average molecular weight is 394 g/mol. The second kappa shape index (κ2) is 8.34. The number of nitrogens with zero attached hydrogens (tertiary/aromatic N) is 3. The normalized spacial score (nSPS) is 14.4. The van der Waals surface area contributed by atoms with Crippen LogP contribution >= 0.6 is 0 Å². The molecule has 2 aromatic carbocycles. The molecule has 148 valence electrons. The van der Waals surface area contributed by atoms with Crippen molar-refractivity contribution < 1.29 is 13.6 Å². The molecule has 5 nitrogen and oxygen atoms in total. The average Bonchev–Trinajstić information content (AvgIpc) is 3.41. The van der Waals surface area contributed by atoms with Gasteiger partial charge in [0.25, 0.3) is 5.91 Å². The van der Waals surface area contributed by atoms with Gasteiger partial charge in [-0.05, 0) is 67.4 Å². The Hall–Kier alpha value is -3.35. The van der Waals surface area contributed by atoms with E-state index in [2.05, 4.69) is 20.1 Å². The molecule has 1 amide bonds. The summed E-state index contributed by atoms with van der Waals surface area (Å²) in [6.07, 6.45) is 2.52. The molecule has 0 spiro atoms. The molecule has 0 saturated carbocycles. The van der Waals surface area contributed by atoms with Gasteiger partial charge in [-0.15, -0.1) is 0 Å². The van der Waals surface area contributed by atoms with Crippen LogP contribution in [0.2, 0.25) is 0 Å². The van der Waals surface area contributed by atoms with Crippen LogP contribution < -0.4 is 0 Å². The summed E-state index contributed by atoms with van der Waals surface area (Å²) in [5, 5.41) is 7.28. The minimum absolute atomic E-state index is 0.299. The number of aromatic amines is 1. The van der Waals surface area contributed by atoms with Crippen molar-refractivity contribution in [3.05, 3.63) is 77.5 Å². The number of aromatic nitrogens is 2. The van der Waals surface area contributed by atoms with Crippen LogP contribution in [0.25, 0.3) is 11.3 Å². The van der Waals surface area contributed by atoms with Crippen molar-refractivity contribution in [2.24, 2.45) is 4.99 Å². The summed E-state index contributed by atoms with van der Waals surface area (Å²) in [6, 6.07) is 13.4. The summed E-state index contributed by atoms with van der Waals surface area (Å²) in [6.45, 7) is 1.68. The Labute approximate surface area is 167 Å². The van der Waals surface area contributed by atoms with E-state index in [1.807, 2.05) is 6.07 Å². The molecule has 7 heteroatoms. The topological polar surface area (TPSA) is 61.4 Å². The van der Waals surface area contributed by atoms with Gasteiger partial charge in [-0.1, -0.05) is 0 Å². The van der Waals surface area contributed by atoms with Crippen molar-refractivity contribution in [1.29, 1.82) is 0 Å². The second-order valence-corrected chi connectivity index (χ2v) is 7.00. The van der Waals surface area contributed by atoms with Gasteiger partial charge in [0.05, 0.1) is 5.69 Å². The molecule has 0 atom stereocenters. The third-order valence-corrected chi connectivity index (χ3v) is 4.91. The number of amidine groups is 1. The number of halogens is 2. The van der Waals surface area contributed by atoms with E-state index >= 15 is 0 Å². The Bertz CT molecular complexity index is 1020. The number of carbonyl (C=O) groups is 1. The lowest BCUT2D eigenvalue weighted by Gasteiger charge is -2.19. The van der Waals surface area contributed by atoms with Gasteiger partial charge in [0.2, 0.25) is 0 Å². The molecule has 2 heterocycles. The first-order valence-corrected chi connectivity index (χ1v) is 9.51. The molecule has 1 aliphatic rings. The molecule has 0 radical (unpaired) electrons. The first-order valence-electron chi connectivity index (χ1n) is 9.51. The SMILES string of the molecule is O=C(N=C(Cc1cc(-c2ccc(F)cc2)n[nH]1)N1CCCC1)c1ccc(F)cc1. The highest BCUT2D eigenvalue weighted by molar-refractivity contribution is 6.03. The lowest BCUT2D eigenvalue weighted by atomic mass is 10.1. The van der Waals surface area contributed by atoms with Crippen LogP contribution in [0.3, 0.4) is 0 Å². The van der Waals surface area contributed by atoms with Gasteiger partial charge in [-0.25, -0.2) is 8.78 Å². The number of amides is 1. The van der Waals surface area contributed by atoms with E-state index in [0.29, 0.717) is 23.5 Å². The Morgan fingerprint density at radius 1 is 1.00 bits per heavy atom. The molecular formula is C22H20F2N4O. The van der Waals surface area contributed by atoms with E-state index in [1.54, 1.807) is 12.1 Å². The number of carbonyl (C=O) groups excluding carboxylic acids is 1. The molecule has 1 aliphatic heterocycles. The second-order valence-electron chi connectivity index (χ2n) is 7.00. The van der Waals surface area contributed by atoms with E-state index in [9.17, 15) is 13.6 Å². The number of hydrogen-bond donors (Lipinski definition) is 1. The van der Waals surface area contributed by atoms with Gasteiger partial charge >= 0.3 is 0 Å². The highest BCUT2D eigenvalue weighted by Crippen LogP contribution is 2.19. The highest BCUT2D eigenvalue weighted by Gasteiger charge is 2.19. The molecule has 3 aromatic rings. The number of aliphatic imine (C=N–C) groups is 1. The van der Waals surface area contributed by atoms with Crippen LogP contribution in [-0.2, 0) is 6.42 Å². The molecule has 4 rings (SSSR count). The van der Waals surface area contributed by atoms with E-state index in [0.717, 1.165) is 37.2 Å². The van der Waals surface area contributed by atoms with Crippen molar-refractivity contribution >= 4 is 11.7 Å². The molecule has 1 fully saturated rings. The van der Waals surface area contributed by atoms with Crippen molar-refractivity contribution in [1.82, 2.24) is 15.1 Å². The number of rotatable bonds is 4. The van der Waals surface area contributed by atoms with Gasteiger partial charge in [-0.3, -0.25) is 9.89 Å². The predicted molar refractivity (Wildman–Crippen MR) is 107 cm³/mol. The number of hydrogen-bond acceptors (Lipinski definition) is 2. The molecule has 0 aliphatic carbocycles. The van der Waals surface area contributed by atoms with Crippen molar-refractivity contribution in [2.75, 3.05) is 13.1 Å². The first-order chi connectivity index (χ1) is 14.1. The molecule has 1 N–H and O–H groups in total. The Morgan fingerprint density at radius 2 is 1.62 bits per heavy atom. The molecule has 29 heavy (non-hydrogen) atoms. The Morgan fingerprint density at radius 3 is 2.28 bits per heavy atom. The van der Waals surface area contributed by atoms with Gasteiger partial charge in [-0.2, -0.15) is 10.1 Å². The summed E-state index contributed by atoms with van der Waals surface area (Å²) in [7, 11) is 0. The fourth-order valence-corrected chi connectivity index (χ4v) is 3.36. The predicted octanol–water partition coefficient (Wildman–Crippen LogP) is 4.23. The number of likely N-dealkylation sites (tertiary alicyclic amines) is 1. The first kappa shape index (κ1) is 19.0. The van der Waals surface area contributed by atoms with Gasteiger partial charge in [0.15, 0.2) is 0 Å². The van der Waals surface area contributed by atoms with Gasteiger partial charge in [0, 0.05) is 36.3 Å². The largest absolute Gasteiger partial charge is 0.360 e. The third kappa shape index (κ3) is 4.56. The van der Waals surface area contributed by atoms with Crippen molar-refractivity contribution in [2.45, 2.75) is 19.3 Å². The monoisotopic (exact) mass is 394 g/mol. The van der Waals surface area contributed by atoms with Crippen molar-refractivity contribution in [3.8, 4) is 11.3 Å². The maximum Gasteiger partial charge on any atom is 0.278 e. The number of H-pyrrole nitrogens is 1. The Balaban J connectivity index is 1.57. The molecule has 1 saturated heterocycles. The zero-order valence-corrected chi connectivity index (χ0v) is 15.7. The van der Waals surface area contributed by atoms with Crippen LogP contribution in [0.15, 0.2) is 59.6 Å². The lowest BCUT2D eigenvalue weighted by molar-refractivity contribution is 0.100. The standard InChI is InChI=1S/C22H20F2N4O/c23-17-7-3-15(4-8-17)20-13-19(26-27-20)14-21(28-11-1-2-12-28)25-22(29)16-5-9-18(24)10-6-16/h3-10,13H,1-2,11-12,14H2,(H,26,27). The maximum atomic E-state index is 13.1. The van der Waals surface area contributed by atoms with Crippen LogP contribution in [0.4, 0.5) is 8.78 Å². The summed E-state index contributed by atoms with van der Waals surface area (Å²) < 4.78 is 26.3. The lowest BCUT2D eigenvalue weighted by Crippen LogP contribution is -2.30. The maximum absolute atomic E-state index is 13.1. The highest BCUT2D eigenvalue weighted by atomic mass is 19.1. The van der Waals surface area contributed by atoms with E-state index < -0.39 is 11.7 Å². The summed E-state index contributed by atoms with van der Waals surface area (Å²) in [5.41, 5.74) is 2.66. The smallest absolute Gasteiger partial charge is 0.278 e. The summed E-state index contributed by atoms with van der Waals surface area (Å²) >= 11 is 0. The van der Waals surface area contributed by atoms with E-state index in [1.165, 1.54) is 36.4 Å². The van der Waals surface area contributed by atoms with Gasteiger partial charge in [0.1, 0.15) is 17.5 Å². The Kier molecular flexibility index (Phi) is 5.46. The fourth-order valence-electron chi connectivity index (χ4n) is 3.36. The van der Waals surface area contributed by atoms with Crippen LogP contribution in [0.1, 0.15) is 28.9 Å². The molecule has 0 unspecified atom stereocenters. The minimum Gasteiger partial charge on any atom is -0.360 e. The van der Waals surface area contributed by atoms with Gasteiger partial charge < -0.3 is 4.90 Å². The quantitative estimate of drug-likeness (QED) is 0.532. The van der Waals surface area contributed by atoms with Crippen LogP contribution in [0, 0.1) is 11.6 Å². The molecular weight excluding hydrogens is 374 g/mol. The van der Waals surface area contributed by atoms with E-state index in [-0.39, 0.29) is 5.82 Å². The zero-order valence-electron chi connectivity index (χ0n) is 15.7. The summed E-state index contributed by atoms with van der Waals surface area (Å²) in [5.74, 6) is -0.431. The zero-order chi connectivity index (χ0) is 20.2. The van der Waals surface area contributed by atoms with Crippen LogP contribution in [0.5, 0.6) is 0 Å². The minimum atomic E-state index is -0.398. The molecule has 1 aromatic heterocycles. The fraction of sp³-hybridized carbons (Fsp3) is 0.227. The van der Waals surface area contributed by atoms with E-state index in [4.69, 9.17) is 0 Å². The number of benzene rings is 2. The summed E-state index contributed by atoms with van der Waals surface area (Å²) in [4.78, 5) is 19.0. The molecule has 0 bridgehead atoms. The third-order valence-electron chi connectivity index (χ3n) is 4.91. The van der Waals surface area contributed by atoms with Crippen molar-refractivity contribution in [3.63, 3.8) is 0 Å². The number of nitrogens with one attached hydrogen (secondary N) is 1. The van der Waals surface area contributed by atoms with Crippen LogP contribution in [-0.4, -0.2) is 39.9 Å².